The van der Waals surface area contributed by atoms with Gasteiger partial charge >= 0.3 is 0 Å². The average molecular weight is 358 g/mol. The Labute approximate surface area is 132 Å². The normalized spacial score (nSPS) is 14.6. The fraction of sp³-hybridized carbons (Fsp3) is 0.429. The van der Waals surface area contributed by atoms with E-state index in [1.165, 1.54) is 0 Å². The molecule has 2 N–H and O–H groups in total. The van der Waals surface area contributed by atoms with Gasteiger partial charge in [0.05, 0.1) is 0 Å². The molecule has 108 valence electrons. The minimum absolute atomic E-state index is 0.253. The van der Waals surface area contributed by atoms with Gasteiger partial charge in [0.2, 0.25) is 0 Å². The van der Waals surface area contributed by atoms with Crippen LogP contribution in [0, 0.1) is 0 Å². The Morgan fingerprint density at radius 3 is 2.75 bits per heavy atom. The number of rotatable bonds is 4. The molecule has 6 heteroatoms. The summed E-state index contributed by atoms with van der Waals surface area (Å²) in [4.78, 5) is 4.31. The van der Waals surface area contributed by atoms with E-state index in [2.05, 4.69) is 39.9 Å². The highest BCUT2D eigenvalue weighted by molar-refractivity contribution is 9.10. The summed E-state index contributed by atoms with van der Waals surface area (Å²) in [5.41, 5.74) is 6.77. The van der Waals surface area contributed by atoms with Crippen LogP contribution in [0.1, 0.15) is 38.2 Å². The number of hydrogen-bond acceptors (Lipinski definition) is 3. The van der Waals surface area contributed by atoms with Crippen LogP contribution in [0.25, 0.3) is 0 Å². The third-order valence-electron chi connectivity index (χ3n) is 3.21. The Kier molecular flexibility index (Phi) is 4.52. The molecule has 1 heterocycles. The van der Waals surface area contributed by atoms with Crippen LogP contribution in [0.15, 0.2) is 29.0 Å². The van der Waals surface area contributed by atoms with E-state index in [0.717, 1.165) is 15.9 Å². The number of nitrogens with two attached hydrogens (primary N) is 1. The van der Waals surface area contributed by atoms with Gasteiger partial charge in [-0.2, -0.15) is 5.10 Å². The van der Waals surface area contributed by atoms with Crippen LogP contribution in [0.3, 0.4) is 0 Å². The lowest BCUT2D eigenvalue weighted by atomic mass is 9.89. The molecule has 0 radical (unpaired) electrons. The van der Waals surface area contributed by atoms with Crippen molar-refractivity contribution in [2.75, 3.05) is 0 Å². The molecule has 1 unspecified atom stereocenters. The Hall–Kier alpha value is -0.910. The molecular formula is C14H18BrClN4. The van der Waals surface area contributed by atoms with Gasteiger partial charge in [0.25, 0.3) is 0 Å². The van der Waals surface area contributed by atoms with Crippen LogP contribution in [0.2, 0.25) is 5.02 Å². The van der Waals surface area contributed by atoms with Crippen molar-refractivity contribution in [1.82, 2.24) is 14.8 Å². The number of halogens is 2. The molecule has 1 aromatic carbocycles. The zero-order valence-corrected chi connectivity index (χ0v) is 14.1. The highest BCUT2D eigenvalue weighted by Gasteiger charge is 2.27. The topological polar surface area (TPSA) is 56.7 Å². The van der Waals surface area contributed by atoms with Gasteiger partial charge in [-0.3, -0.25) is 0 Å². The van der Waals surface area contributed by atoms with Crippen molar-refractivity contribution in [3.05, 3.63) is 45.4 Å². The van der Waals surface area contributed by atoms with Crippen molar-refractivity contribution in [2.45, 2.75) is 38.8 Å². The third-order valence-corrected chi connectivity index (χ3v) is 4.01. The fourth-order valence-electron chi connectivity index (χ4n) is 2.21. The maximum Gasteiger partial charge on any atom is 0.138 e. The van der Waals surface area contributed by atoms with Crippen LogP contribution in [0.4, 0.5) is 0 Å². The van der Waals surface area contributed by atoms with E-state index >= 15 is 0 Å². The smallest absolute Gasteiger partial charge is 0.138 e. The second kappa shape index (κ2) is 5.84. The first-order valence-electron chi connectivity index (χ1n) is 6.44. The lowest BCUT2D eigenvalue weighted by Gasteiger charge is -2.26. The maximum atomic E-state index is 6.47. The predicted molar refractivity (Wildman–Crippen MR) is 84.8 cm³/mol. The highest BCUT2D eigenvalue weighted by atomic mass is 79.9. The van der Waals surface area contributed by atoms with Crippen molar-refractivity contribution in [1.29, 1.82) is 0 Å². The van der Waals surface area contributed by atoms with Gasteiger partial charge in [0, 0.05) is 27.5 Å². The predicted octanol–water partition coefficient (Wildman–Crippen LogP) is 3.69. The van der Waals surface area contributed by atoms with E-state index in [1.807, 2.05) is 29.8 Å². The zero-order valence-electron chi connectivity index (χ0n) is 11.8. The maximum absolute atomic E-state index is 6.47. The Morgan fingerprint density at radius 2 is 2.15 bits per heavy atom. The largest absolute Gasteiger partial charge is 0.321 e. The monoisotopic (exact) mass is 356 g/mol. The van der Waals surface area contributed by atoms with Gasteiger partial charge in [-0.15, -0.1) is 0 Å². The summed E-state index contributed by atoms with van der Waals surface area (Å²) in [7, 11) is 0. The lowest BCUT2D eigenvalue weighted by molar-refractivity contribution is 0.433. The Balaban J connectivity index is 2.33. The molecule has 0 spiro atoms. The Bertz CT molecular complexity index is 607. The summed E-state index contributed by atoms with van der Waals surface area (Å²) in [5.74, 6) is 0.865. The summed E-state index contributed by atoms with van der Waals surface area (Å²) in [6.07, 6.45) is 2.14. The standard InChI is InChI=1S/C14H18BrClN4/c1-9(2)20-13(18-8-19-20)7-14(3,17)11-5-4-10(15)6-12(11)16/h4-6,8-9H,7,17H2,1-3H3. The molecule has 0 fully saturated rings. The summed E-state index contributed by atoms with van der Waals surface area (Å²) >= 11 is 9.71. The summed E-state index contributed by atoms with van der Waals surface area (Å²) < 4.78 is 2.82. The molecule has 1 atom stereocenters. The van der Waals surface area contributed by atoms with Gasteiger partial charge in [-0.1, -0.05) is 33.6 Å². The van der Waals surface area contributed by atoms with Gasteiger partial charge < -0.3 is 5.73 Å². The van der Waals surface area contributed by atoms with Crippen LogP contribution in [-0.4, -0.2) is 14.8 Å². The van der Waals surface area contributed by atoms with Gasteiger partial charge in [0.1, 0.15) is 12.2 Å². The molecule has 2 rings (SSSR count). The lowest BCUT2D eigenvalue weighted by Crippen LogP contribution is -2.37. The molecule has 2 aromatic rings. The minimum Gasteiger partial charge on any atom is -0.321 e. The van der Waals surface area contributed by atoms with E-state index in [9.17, 15) is 0 Å². The van der Waals surface area contributed by atoms with Crippen molar-refractivity contribution in [3.8, 4) is 0 Å². The molecule has 0 amide bonds. The molecule has 0 bridgehead atoms. The van der Waals surface area contributed by atoms with Crippen LogP contribution < -0.4 is 5.73 Å². The quantitative estimate of drug-likeness (QED) is 0.908. The molecule has 0 aliphatic rings. The van der Waals surface area contributed by atoms with Crippen LogP contribution in [0.5, 0.6) is 0 Å². The molecular weight excluding hydrogens is 340 g/mol. The molecule has 1 aromatic heterocycles. The van der Waals surface area contributed by atoms with Gasteiger partial charge in [-0.25, -0.2) is 9.67 Å². The van der Waals surface area contributed by atoms with Crippen molar-refractivity contribution < 1.29 is 0 Å². The highest BCUT2D eigenvalue weighted by Crippen LogP contribution is 2.31. The van der Waals surface area contributed by atoms with Gasteiger partial charge in [-0.05, 0) is 38.5 Å². The SMILES string of the molecule is CC(C)n1ncnc1CC(C)(N)c1ccc(Br)cc1Cl. The number of aromatic nitrogens is 3. The van der Waals surface area contributed by atoms with E-state index in [1.54, 1.807) is 6.33 Å². The fourth-order valence-corrected chi connectivity index (χ4v) is 3.10. The van der Waals surface area contributed by atoms with Gasteiger partial charge in [0.15, 0.2) is 0 Å². The molecule has 20 heavy (non-hydrogen) atoms. The first-order chi connectivity index (χ1) is 9.31. The van der Waals surface area contributed by atoms with E-state index in [0.29, 0.717) is 11.4 Å². The molecule has 0 saturated heterocycles. The van der Waals surface area contributed by atoms with E-state index in [4.69, 9.17) is 17.3 Å². The average Bonchev–Trinajstić information content (AvgIpc) is 2.75. The van der Waals surface area contributed by atoms with Crippen molar-refractivity contribution >= 4 is 27.5 Å². The number of hydrogen-bond donors (Lipinski definition) is 1. The first kappa shape index (κ1) is 15.5. The first-order valence-corrected chi connectivity index (χ1v) is 7.61. The van der Waals surface area contributed by atoms with Crippen LogP contribution >= 0.6 is 27.5 Å². The summed E-state index contributed by atoms with van der Waals surface area (Å²) in [5, 5.41) is 4.89. The molecule has 4 nitrogen and oxygen atoms in total. The number of benzene rings is 1. The van der Waals surface area contributed by atoms with E-state index < -0.39 is 5.54 Å². The third kappa shape index (κ3) is 3.22. The second-order valence-electron chi connectivity index (χ2n) is 5.43. The van der Waals surface area contributed by atoms with E-state index in [-0.39, 0.29) is 6.04 Å². The Morgan fingerprint density at radius 1 is 1.45 bits per heavy atom. The zero-order chi connectivity index (χ0) is 14.9. The summed E-state index contributed by atoms with van der Waals surface area (Å²) in [6, 6.07) is 6.00. The second-order valence-corrected chi connectivity index (χ2v) is 6.76. The number of nitrogens with zero attached hydrogens (tertiary/aromatic N) is 3. The van der Waals surface area contributed by atoms with Crippen molar-refractivity contribution in [3.63, 3.8) is 0 Å². The molecule has 0 saturated carbocycles. The van der Waals surface area contributed by atoms with Crippen LogP contribution in [-0.2, 0) is 12.0 Å². The van der Waals surface area contributed by atoms with Crippen molar-refractivity contribution in [2.24, 2.45) is 5.73 Å². The molecule has 0 aliphatic carbocycles. The molecule has 0 aliphatic heterocycles. The minimum atomic E-state index is -0.600. The summed E-state index contributed by atoms with van der Waals surface area (Å²) in [6.45, 7) is 6.10.